The first-order chi connectivity index (χ1) is 12.8. The van der Waals surface area contributed by atoms with Gasteiger partial charge in [-0.25, -0.2) is 4.98 Å². The molecule has 3 rings (SSSR count). The molecular weight excluding hydrogens is 485 g/mol. The monoisotopic (exact) mass is 519 g/mol. The van der Waals surface area contributed by atoms with Crippen molar-refractivity contribution in [1.82, 2.24) is 20.5 Å². The lowest BCUT2D eigenvalue weighted by molar-refractivity contribution is -0.119. The van der Waals surface area contributed by atoms with Crippen LogP contribution in [0.4, 0.5) is 0 Å². The van der Waals surface area contributed by atoms with Gasteiger partial charge < -0.3 is 15.5 Å². The summed E-state index contributed by atoms with van der Waals surface area (Å²) < 4.78 is 0. The van der Waals surface area contributed by atoms with Crippen molar-refractivity contribution >= 4 is 47.2 Å². The molecule has 2 fully saturated rings. The van der Waals surface area contributed by atoms with Crippen molar-refractivity contribution in [2.24, 2.45) is 10.4 Å². The number of thiazole rings is 1. The molecule has 158 valence electrons. The van der Waals surface area contributed by atoms with E-state index in [-0.39, 0.29) is 40.7 Å². The summed E-state index contributed by atoms with van der Waals surface area (Å²) in [6.45, 7) is 13.0. The molecule has 2 aliphatic rings. The molecule has 8 heteroatoms. The molecule has 0 saturated carbocycles. The van der Waals surface area contributed by atoms with Crippen LogP contribution in [-0.2, 0) is 16.6 Å². The Balaban J connectivity index is 0.00000280. The van der Waals surface area contributed by atoms with Gasteiger partial charge >= 0.3 is 0 Å². The summed E-state index contributed by atoms with van der Waals surface area (Å²) in [6.07, 6.45) is 3.75. The van der Waals surface area contributed by atoms with Crippen molar-refractivity contribution in [2.75, 3.05) is 32.7 Å². The van der Waals surface area contributed by atoms with E-state index in [2.05, 4.69) is 48.6 Å². The van der Waals surface area contributed by atoms with E-state index < -0.39 is 0 Å². The van der Waals surface area contributed by atoms with Gasteiger partial charge in [0.05, 0.1) is 10.7 Å². The van der Waals surface area contributed by atoms with Gasteiger partial charge in [0.1, 0.15) is 0 Å². The van der Waals surface area contributed by atoms with Gasteiger partial charge in [0, 0.05) is 61.8 Å². The van der Waals surface area contributed by atoms with E-state index in [0.29, 0.717) is 6.42 Å². The molecule has 2 aliphatic heterocycles. The molecule has 1 unspecified atom stereocenters. The van der Waals surface area contributed by atoms with Crippen molar-refractivity contribution in [3.05, 3.63) is 16.1 Å². The van der Waals surface area contributed by atoms with Crippen molar-refractivity contribution in [3.8, 4) is 0 Å². The van der Waals surface area contributed by atoms with E-state index in [1.54, 1.807) is 11.3 Å². The summed E-state index contributed by atoms with van der Waals surface area (Å²) in [4.78, 5) is 23.7. The highest BCUT2D eigenvalue weighted by Gasteiger charge is 2.42. The number of piperidine rings is 1. The summed E-state index contributed by atoms with van der Waals surface area (Å²) >= 11 is 1.73. The number of hydrogen-bond donors (Lipinski definition) is 2. The average Bonchev–Trinajstić information content (AvgIpc) is 3.21. The number of carbonyl (C=O) groups is 1. The number of guanidine groups is 1. The fourth-order valence-electron chi connectivity index (χ4n) is 3.88. The lowest BCUT2D eigenvalue weighted by Gasteiger charge is -2.40. The quantitative estimate of drug-likeness (QED) is 0.365. The number of aliphatic imine (C=N–C) groups is 1. The van der Waals surface area contributed by atoms with E-state index >= 15 is 0 Å². The van der Waals surface area contributed by atoms with Gasteiger partial charge in [-0.05, 0) is 19.8 Å². The van der Waals surface area contributed by atoms with Gasteiger partial charge in [-0.1, -0.05) is 20.8 Å². The molecule has 1 spiro atoms. The summed E-state index contributed by atoms with van der Waals surface area (Å²) in [7, 11) is 0. The van der Waals surface area contributed by atoms with Gasteiger partial charge in [-0.15, -0.1) is 35.3 Å². The zero-order chi connectivity index (χ0) is 19.5. The van der Waals surface area contributed by atoms with Crippen molar-refractivity contribution in [3.63, 3.8) is 0 Å². The molecule has 0 radical (unpaired) electrons. The second-order valence-electron chi connectivity index (χ2n) is 8.84. The van der Waals surface area contributed by atoms with Crippen molar-refractivity contribution in [2.45, 2.75) is 58.8 Å². The molecule has 2 saturated heterocycles. The minimum absolute atomic E-state index is 0. The molecule has 0 bridgehead atoms. The number of amides is 1. The molecule has 6 nitrogen and oxygen atoms in total. The van der Waals surface area contributed by atoms with Gasteiger partial charge in [-0.2, -0.15) is 0 Å². The molecular formula is C20H34IN5OS. The molecule has 1 aromatic rings. The highest BCUT2D eigenvalue weighted by molar-refractivity contribution is 14.0. The SMILES string of the molecule is CCNC(=NCCc1nc(C(C)(C)C)cs1)N1CCCC2(CNC(=O)C2)C1.I. The van der Waals surface area contributed by atoms with Crippen LogP contribution in [0.15, 0.2) is 10.4 Å². The Kier molecular flexibility index (Phi) is 8.13. The first-order valence-electron chi connectivity index (χ1n) is 10.1. The van der Waals surface area contributed by atoms with Crippen LogP contribution in [0.2, 0.25) is 0 Å². The minimum Gasteiger partial charge on any atom is -0.357 e. The molecule has 1 amide bonds. The third kappa shape index (κ3) is 5.81. The van der Waals surface area contributed by atoms with Gasteiger partial charge in [0.25, 0.3) is 0 Å². The van der Waals surface area contributed by atoms with Gasteiger partial charge in [-0.3, -0.25) is 9.79 Å². The predicted octanol–water partition coefficient (Wildman–Crippen LogP) is 3.17. The number of likely N-dealkylation sites (tertiary alicyclic amines) is 1. The second kappa shape index (κ2) is 9.73. The van der Waals surface area contributed by atoms with Crippen molar-refractivity contribution in [1.29, 1.82) is 0 Å². The highest BCUT2D eigenvalue weighted by Crippen LogP contribution is 2.36. The largest absolute Gasteiger partial charge is 0.357 e. The normalized spacial score (nSPS) is 22.9. The van der Waals surface area contributed by atoms with Crippen LogP contribution in [-0.4, -0.2) is 54.5 Å². The maximum absolute atomic E-state index is 11.7. The van der Waals surface area contributed by atoms with Crippen LogP contribution in [0.5, 0.6) is 0 Å². The lowest BCUT2D eigenvalue weighted by atomic mass is 9.79. The van der Waals surface area contributed by atoms with E-state index in [4.69, 9.17) is 9.98 Å². The Bertz CT molecular complexity index is 699. The number of nitrogens with zero attached hydrogens (tertiary/aromatic N) is 3. The number of aromatic nitrogens is 1. The summed E-state index contributed by atoms with van der Waals surface area (Å²) in [5.41, 5.74) is 1.35. The maximum atomic E-state index is 11.7. The van der Waals surface area contributed by atoms with E-state index in [0.717, 1.165) is 68.6 Å². The Morgan fingerprint density at radius 1 is 1.46 bits per heavy atom. The van der Waals surface area contributed by atoms with Crippen molar-refractivity contribution < 1.29 is 4.79 Å². The zero-order valence-electron chi connectivity index (χ0n) is 17.5. The molecule has 0 aromatic carbocycles. The van der Waals surface area contributed by atoms with E-state index in [1.807, 2.05) is 0 Å². The van der Waals surface area contributed by atoms with Gasteiger partial charge in [0.15, 0.2) is 5.96 Å². The Morgan fingerprint density at radius 2 is 2.25 bits per heavy atom. The predicted molar refractivity (Wildman–Crippen MR) is 127 cm³/mol. The standard InChI is InChI=1S/C20H33N5OS.HI/c1-5-21-18(22-9-7-17-24-15(12-27-17)19(2,3)4)25-10-6-8-20(14-25)11-16(26)23-13-20;/h12H,5-11,13-14H2,1-4H3,(H,21,22)(H,23,26);1H. The number of rotatable bonds is 4. The minimum atomic E-state index is 0. The molecule has 1 aromatic heterocycles. The third-order valence-electron chi connectivity index (χ3n) is 5.40. The zero-order valence-corrected chi connectivity index (χ0v) is 20.7. The number of carbonyl (C=O) groups excluding carboxylic acids is 1. The van der Waals surface area contributed by atoms with Crippen LogP contribution in [0.1, 0.15) is 57.7 Å². The summed E-state index contributed by atoms with van der Waals surface area (Å²) in [5.74, 6) is 1.17. The topological polar surface area (TPSA) is 69.6 Å². The van der Waals surface area contributed by atoms with Gasteiger partial charge in [0.2, 0.25) is 5.91 Å². The highest BCUT2D eigenvalue weighted by atomic mass is 127. The Labute approximate surface area is 190 Å². The Morgan fingerprint density at radius 3 is 2.86 bits per heavy atom. The first kappa shape index (κ1) is 23.4. The number of nitrogens with one attached hydrogen (secondary N) is 2. The smallest absolute Gasteiger partial charge is 0.220 e. The second-order valence-corrected chi connectivity index (χ2v) is 9.78. The summed E-state index contributed by atoms with van der Waals surface area (Å²) in [5, 5.41) is 9.78. The van der Waals surface area contributed by atoms with E-state index in [9.17, 15) is 4.79 Å². The maximum Gasteiger partial charge on any atom is 0.220 e. The molecule has 0 aliphatic carbocycles. The van der Waals surface area contributed by atoms with Crippen LogP contribution in [0.25, 0.3) is 0 Å². The molecule has 3 heterocycles. The summed E-state index contributed by atoms with van der Waals surface area (Å²) in [6, 6.07) is 0. The molecule has 2 N–H and O–H groups in total. The fraction of sp³-hybridized carbons (Fsp3) is 0.750. The van der Waals surface area contributed by atoms with Crippen LogP contribution >= 0.6 is 35.3 Å². The average molecular weight is 519 g/mol. The van der Waals surface area contributed by atoms with E-state index in [1.165, 1.54) is 0 Å². The third-order valence-corrected chi connectivity index (χ3v) is 6.31. The molecule has 28 heavy (non-hydrogen) atoms. The van der Waals surface area contributed by atoms with Crippen LogP contribution < -0.4 is 10.6 Å². The number of hydrogen-bond acceptors (Lipinski definition) is 4. The molecule has 1 atom stereocenters. The Hall–Kier alpha value is -0.900. The van der Waals surface area contributed by atoms with Crippen LogP contribution in [0, 0.1) is 5.41 Å². The fourth-order valence-corrected chi connectivity index (χ4v) is 4.90. The van der Waals surface area contributed by atoms with Crippen LogP contribution in [0.3, 0.4) is 0 Å². The lowest BCUT2D eigenvalue weighted by Crippen LogP contribution is -2.51. The first-order valence-corrected chi connectivity index (χ1v) is 10.9. The number of halogens is 1.